The van der Waals surface area contributed by atoms with Crippen LogP contribution in [0.1, 0.15) is 25.3 Å². The molecule has 34 heavy (non-hydrogen) atoms. The maximum atomic E-state index is 12.4. The van der Waals surface area contributed by atoms with Gasteiger partial charge in [-0.2, -0.15) is 0 Å². The van der Waals surface area contributed by atoms with E-state index in [4.69, 9.17) is 18.9 Å². The normalized spacial score (nSPS) is 38.6. The van der Waals surface area contributed by atoms with E-state index < -0.39 is 80.1 Å². The van der Waals surface area contributed by atoms with E-state index in [0.717, 1.165) is 5.56 Å². The van der Waals surface area contributed by atoms with Crippen molar-refractivity contribution >= 4 is 0 Å². The van der Waals surface area contributed by atoms with Crippen molar-refractivity contribution in [1.82, 2.24) is 0 Å². The summed E-state index contributed by atoms with van der Waals surface area (Å²) in [5, 5.41) is 70.1. The van der Waals surface area contributed by atoms with Gasteiger partial charge in [0.2, 0.25) is 11.7 Å². The second-order valence-corrected chi connectivity index (χ2v) is 8.72. The Bertz CT molecular complexity index is 864. The first kappa shape index (κ1) is 26.9. The molecular weight excluding hydrogens is 456 g/mol. The Morgan fingerprint density at radius 1 is 0.853 bits per heavy atom. The number of hydrogen-bond donors (Lipinski definition) is 7. The maximum Gasteiger partial charge on any atom is 0.229 e. The molecule has 2 saturated heterocycles. The van der Waals surface area contributed by atoms with E-state index in [-0.39, 0.29) is 11.7 Å². The minimum absolute atomic E-state index is 0.0680. The van der Waals surface area contributed by atoms with E-state index in [1.165, 1.54) is 12.1 Å². The largest absolute Gasteiger partial charge is 0.458 e. The summed E-state index contributed by atoms with van der Waals surface area (Å²) in [5.41, 5.74) is 0.294. The van der Waals surface area contributed by atoms with Crippen LogP contribution in [0.25, 0.3) is 0 Å². The molecule has 12 nitrogen and oxygen atoms in total. The molecule has 0 aromatic heterocycles. The minimum Gasteiger partial charge on any atom is -0.458 e. The average molecular weight is 488 g/mol. The molecule has 0 aliphatic carbocycles. The second-order valence-electron chi connectivity index (χ2n) is 8.72. The highest BCUT2D eigenvalue weighted by molar-refractivity contribution is 5.29. The Balaban J connectivity index is 1.73. The Morgan fingerprint density at radius 3 is 2.06 bits per heavy atom. The quantitative estimate of drug-likeness (QED) is 0.208. The maximum absolute atomic E-state index is 12.4. The van der Waals surface area contributed by atoms with Crippen molar-refractivity contribution in [2.75, 3.05) is 13.2 Å². The molecule has 0 amide bonds. The molecule has 1 aromatic carbocycles. The van der Waals surface area contributed by atoms with Crippen molar-refractivity contribution in [3.63, 3.8) is 0 Å². The summed E-state index contributed by atoms with van der Waals surface area (Å²) in [5.74, 6) is -0.0617. The molecule has 0 spiro atoms. The average Bonchev–Trinajstić information content (AvgIpc) is 2.99. The third-order valence-electron chi connectivity index (χ3n) is 5.93. The number of aliphatic hydroxyl groups is 7. The lowest BCUT2D eigenvalue weighted by molar-refractivity contribution is -0.323. The predicted molar refractivity (Wildman–Crippen MR) is 114 cm³/mol. The molecule has 0 unspecified atom stereocenters. The number of hydrogen-bond acceptors (Lipinski definition) is 12. The van der Waals surface area contributed by atoms with E-state index in [1.807, 2.05) is 13.8 Å². The highest BCUT2D eigenvalue weighted by Crippen LogP contribution is 2.27. The number of ether oxygens (including phenoxy) is 4. The topological polar surface area (TPSA) is 196 Å². The fourth-order valence-electron chi connectivity index (χ4n) is 3.72. The molecule has 192 valence electrons. The minimum atomic E-state index is -1.72. The van der Waals surface area contributed by atoms with Gasteiger partial charge >= 0.3 is 0 Å². The molecule has 2 fully saturated rings. The van der Waals surface area contributed by atoms with Crippen molar-refractivity contribution in [1.29, 1.82) is 0 Å². The molecule has 10 atom stereocenters. The Labute approximate surface area is 195 Å². The summed E-state index contributed by atoms with van der Waals surface area (Å²) in [6, 6.07) is 6.09. The molecule has 12 heteroatoms. The van der Waals surface area contributed by atoms with Crippen LogP contribution in [0.15, 0.2) is 29.1 Å². The van der Waals surface area contributed by atoms with Gasteiger partial charge in [0, 0.05) is 0 Å². The van der Waals surface area contributed by atoms with Gasteiger partial charge in [0.15, 0.2) is 12.0 Å². The molecule has 0 bridgehead atoms. The molecule has 0 saturated carbocycles. The van der Waals surface area contributed by atoms with E-state index in [9.17, 15) is 40.5 Å². The van der Waals surface area contributed by atoms with E-state index in [1.54, 1.807) is 12.1 Å². The lowest BCUT2D eigenvalue weighted by Gasteiger charge is -2.42. The van der Waals surface area contributed by atoms with Gasteiger partial charge in [0.1, 0.15) is 48.8 Å². The van der Waals surface area contributed by atoms with E-state index in [0.29, 0.717) is 0 Å². The lowest BCUT2D eigenvalue weighted by Crippen LogP contribution is -2.62. The van der Waals surface area contributed by atoms with Crippen molar-refractivity contribution in [3.05, 3.63) is 40.1 Å². The van der Waals surface area contributed by atoms with Gasteiger partial charge in [-0.1, -0.05) is 26.0 Å². The van der Waals surface area contributed by atoms with Gasteiger partial charge in [-0.25, -0.2) is 0 Å². The second kappa shape index (κ2) is 11.4. The molecule has 7 N–H and O–H groups in total. The summed E-state index contributed by atoms with van der Waals surface area (Å²) < 4.78 is 21.7. The summed E-state index contributed by atoms with van der Waals surface area (Å²) in [4.78, 5) is 12.4. The molecule has 3 rings (SSSR count). The zero-order chi connectivity index (χ0) is 25.2. The molecule has 1 aromatic rings. The number of aliphatic hydroxyl groups excluding tert-OH is 7. The Kier molecular flexibility index (Phi) is 8.98. The smallest absolute Gasteiger partial charge is 0.229 e. The highest BCUT2D eigenvalue weighted by Gasteiger charge is 2.48. The van der Waals surface area contributed by atoms with Crippen LogP contribution in [0.5, 0.6) is 5.75 Å². The lowest BCUT2D eigenvalue weighted by atomic mass is 9.98. The fourth-order valence-corrected chi connectivity index (χ4v) is 3.72. The zero-order valence-corrected chi connectivity index (χ0v) is 18.7. The van der Waals surface area contributed by atoms with Crippen LogP contribution in [0.2, 0.25) is 0 Å². The summed E-state index contributed by atoms with van der Waals surface area (Å²) in [6.07, 6.45) is -15.5. The van der Waals surface area contributed by atoms with Crippen molar-refractivity contribution in [3.8, 4) is 5.75 Å². The first-order chi connectivity index (χ1) is 16.0. The Hall–Kier alpha value is -1.71. The van der Waals surface area contributed by atoms with E-state index >= 15 is 0 Å². The number of rotatable bonds is 7. The van der Waals surface area contributed by atoms with Crippen molar-refractivity contribution in [2.24, 2.45) is 0 Å². The molecule has 0 radical (unpaired) electrons. The standard InChI is InChI=1S/C22H32O12/c1-9(2)10-4-3-5-11(24)12(6-10)32-22-20(30)18(28)16(26)14(34-22)8-31-21-19(29)17(27)15(25)13(7-23)33-21/h3-6,9,13-23,25-30H,7-8H2,1-2H3/t13-,14-,15-,16-,17+,18+,19-,20-,21-,22-/m1/s1. The fraction of sp³-hybridized carbons (Fsp3) is 0.682. The van der Waals surface area contributed by atoms with Crippen LogP contribution in [-0.4, -0.2) is 110 Å². The van der Waals surface area contributed by atoms with Gasteiger partial charge in [0.05, 0.1) is 13.2 Å². The van der Waals surface area contributed by atoms with Crippen LogP contribution >= 0.6 is 0 Å². The van der Waals surface area contributed by atoms with Gasteiger partial charge in [-0.3, -0.25) is 4.79 Å². The molecule has 2 heterocycles. The third-order valence-corrected chi connectivity index (χ3v) is 5.93. The van der Waals surface area contributed by atoms with Gasteiger partial charge in [0.25, 0.3) is 0 Å². The monoisotopic (exact) mass is 488 g/mol. The van der Waals surface area contributed by atoms with Gasteiger partial charge in [-0.15, -0.1) is 0 Å². The summed E-state index contributed by atoms with van der Waals surface area (Å²) in [6.45, 7) is 2.68. The van der Waals surface area contributed by atoms with Gasteiger partial charge < -0.3 is 54.7 Å². The van der Waals surface area contributed by atoms with Crippen LogP contribution in [-0.2, 0) is 14.2 Å². The zero-order valence-electron chi connectivity index (χ0n) is 18.7. The van der Waals surface area contributed by atoms with Gasteiger partial charge in [-0.05, 0) is 23.6 Å². The molecule has 2 aliphatic rings. The van der Waals surface area contributed by atoms with E-state index in [2.05, 4.69) is 0 Å². The molecular formula is C22H32O12. The van der Waals surface area contributed by atoms with Crippen LogP contribution < -0.4 is 10.2 Å². The van der Waals surface area contributed by atoms with Crippen molar-refractivity contribution < 1.29 is 54.7 Å². The summed E-state index contributed by atoms with van der Waals surface area (Å²) in [7, 11) is 0. The Morgan fingerprint density at radius 2 is 1.44 bits per heavy atom. The highest BCUT2D eigenvalue weighted by atomic mass is 16.7. The predicted octanol–water partition coefficient (Wildman–Crippen LogP) is -2.83. The third kappa shape index (κ3) is 5.74. The van der Waals surface area contributed by atoms with Crippen molar-refractivity contribution in [2.45, 2.75) is 81.2 Å². The molecule has 2 aliphatic heterocycles. The van der Waals surface area contributed by atoms with Crippen LogP contribution in [0.4, 0.5) is 0 Å². The first-order valence-corrected chi connectivity index (χ1v) is 11.0. The SMILES string of the molecule is CC(C)c1cccc(=O)c(O[C@@H]2O[C@H](CO[C@@H]3O[C@H](CO)[C@@H](O)[C@H](O)[C@H]3O)[C@@H](O)[C@H](O)[C@H]2O)c1. The van der Waals surface area contributed by atoms with Crippen LogP contribution in [0, 0.1) is 0 Å². The van der Waals surface area contributed by atoms with Crippen LogP contribution in [0.3, 0.4) is 0 Å². The summed E-state index contributed by atoms with van der Waals surface area (Å²) >= 11 is 0. The first-order valence-electron chi connectivity index (χ1n) is 11.0.